The first-order chi connectivity index (χ1) is 10.2. The Morgan fingerprint density at radius 3 is 2.71 bits per heavy atom. The summed E-state index contributed by atoms with van der Waals surface area (Å²) in [5.41, 5.74) is 1.45. The van der Waals surface area contributed by atoms with Gasteiger partial charge in [0.1, 0.15) is 5.01 Å². The Labute approximate surface area is 131 Å². The summed E-state index contributed by atoms with van der Waals surface area (Å²) < 4.78 is 0. The Kier molecular flexibility index (Phi) is 4.41. The van der Waals surface area contributed by atoms with Crippen LogP contribution in [-0.4, -0.2) is 11.0 Å². The third kappa shape index (κ3) is 2.90. The molecule has 3 rings (SSSR count). The molecule has 112 valence electrons. The van der Waals surface area contributed by atoms with Crippen LogP contribution in [0.5, 0.6) is 0 Å². The van der Waals surface area contributed by atoms with Gasteiger partial charge in [-0.15, -0.1) is 11.3 Å². The molecule has 1 heterocycles. The minimum absolute atomic E-state index is 0.00192. The van der Waals surface area contributed by atoms with Crippen molar-refractivity contribution in [1.82, 2.24) is 10.3 Å². The molecule has 1 aliphatic carbocycles. The summed E-state index contributed by atoms with van der Waals surface area (Å²) in [4.78, 5) is 4.70. The molecule has 1 fully saturated rings. The van der Waals surface area contributed by atoms with Crippen LogP contribution in [0.25, 0.3) is 0 Å². The number of hydrogen-bond donors (Lipinski definition) is 1. The zero-order valence-corrected chi connectivity index (χ0v) is 13.7. The van der Waals surface area contributed by atoms with Crippen LogP contribution in [-0.2, 0) is 5.54 Å². The summed E-state index contributed by atoms with van der Waals surface area (Å²) in [6.07, 6.45) is 6.96. The van der Waals surface area contributed by atoms with E-state index in [1.54, 1.807) is 11.3 Å². The Morgan fingerprint density at radius 2 is 2.05 bits per heavy atom. The lowest BCUT2D eigenvalue weighted by Crippen LogP contribution is -2.51. The van der Waals surface area contributed by atoms with E-state index in [-0.39, 0.29) is 5.54 Å². The molecule has 1 aliphatic rings. The molecule has 1 aromatic heterocycles. The van der Waals surface area contributed by atoms with Gasteiger partial charge in [-0.05, 0) is 32.3 Å². The van der Waals surface area contributed by atoms with Crippen molar-refractivity contribution in [3.05, 3.63) is 52.5 Å². The van der Waals surface area contributed by atoms with E-state index in [1.165, 1.54) is 36.3 Å². The molecule has 1 saturated carbocycles. The van der Waals surface area contributed by atoms with Crippen molar-refractivity contribution in [2.45, 2.75) is 57.0 Å². The van der Waals surface area contributed by atoms with Crippen LogP contribution in [0.15, 0.2) is 41.9 Å². The van der Waals surface area contributed by atoms with E-state index in [4.69, 9.17) is 4.98 Å². The van der Waals surface area contributed by atoms with Crippen molar-refractivity contribution in [1.29, 1.82) is 0 Å². The van der Waals surface area contributed by atoms with Crippen molar-refractivity contribution < 1.29 is 0 Å². The van der Waals surface area contributed by atoms with Gasteiger partial charge in [-0.25, -0.2) is 4.98 Å². The minimum Gasteiger partial charge on any atom is -0.303 e. The molecule has 0 spiro atoms. The number of thiazole rings is 1. The quantitative estimate of drug-likeness (QED) is 0.885. The third-order valence-electron chi connectivity index (χ3n) is 4.47. The highest BCUT2D eigenvalue weighted by Crippen LogP contribution is 2.48. The number of hydrogen-bond acceptors (Lipinski definition) is 3. The zero-order chi connectivity index (χ0) is 14.7. The monoisotopic (exact) mass is 300 g/mol. The molecule has 1 N–H and O–H groups in total. The Bertz CT molecular complexity index is 550. The smallest absolute Gasteiger partial charge is 0.113 e. The van der Waals surface area contributed by atoms with E-state index in [0.717, 1.165) is 0 Å². The molecule has 1 aromatic carbocycles. The molecule has 0 aliphatic heterocycles. The van der Waals surface area contributed by atoms with Gasteiger partial charge in [-0.2, -0.15) is 0 Å². The average molecular weight is 300 g/mol. The Morgan fingerprint density at radius 1 is 1.24 bits per heavy atom. The standard InChI is InChI=1S/C18H24N2S/c1-14(2)20-18(17-19-12-13-21-17)11-7-6-10-16(18)15-8-4-3-5-9-15/h3-5,8-9,12-14,16,20H,6-7,10-11H2,1-2H3. The van der Waals surface area contributed by atoms with Crippen LogP contribution in [0, 0.1) is 0 Å². The van der Waals surface area contributed by atoms with Crippen LogP contribution in [0.1, 0.15) is 56.0 Å². The van der Waals surface area contributed by atoms with Crippen LogP contribution in [0.4, 0.5) is 0 Å². The van der Waals surface area contributed by atoms with Crippen molar-refractivity contribution >= 4 is 11.3 Å². The number of nitrogens with zero attached hydrogens (tertiary/aromatic N) is 1. The van der Waals surface area contributed by atoms with Crippen molar-refractivity contribution in [3.8, 4) is 0 Å². The molecular formula is C18H24N2S. The number of benzene rings is 1. The van der Waals surface area contributed by atoms with Gasteiger partial charge in [0, 0.05) is 23.5 Å². The van der Waals surface area contributed by atoms with Gasteiger partial charge in [0.25, 0.3) is 0 Å². The normalized spacial score (nSPS) is 26.1. The highest BCUT2D eigenvalue weighted by atomic mass is 32.1. The molecule has 2 nitrogen and oxygen atoms in total. The first kappa shape index (κ1) is 14.7. The molecule has 0 saturated heterocycles. The maximum absolute atomic E-state index is 4.70. The number of nitrogens with one attached hydrogen (secondary N) is 1. The molecular weight excluding hydrogens is 276 g/mol. The summed E-state index contributed by atoms with van der Waals surface area (Å²) >= 11 is 1.80. The Hall–Kier alpha value is -1.19. The van der Waals surface area contributed by atoms with Gasteiger partial charge in [-0.3, -0.25) is 0 Å². The SMILES string of the molecule is CC(C)NC1(c2nccs2)CCCCC1c1ccccc1. The van der Waals surface area contributed by atoms with E-state index in [1.807, 2.05) is 6.20 Å². The predicted octanol–water partition coefficient (Wildman–Crippen LogP) is 4.69. The van der Waals surface area contributed by atoms with Crippen molar-refractivity contribution in [2.75, 3.05) is 0 Å². The molecule has 0 amide bonds. The molecule has 2 atom stereocenters. The first-order valence-electron chi connectivity index (χ1n) is 7.95. The van der Waals surface area contributed by atoms with Crippen molar-refractivity contribution in [3.63, 3.8) is 0 Å². The fourth-order valence-electron chi connectivity index (χ4n) is 3.76. The van der Waals surface area contributed by atoms with E-state index in [0.29, 0.717) is 12.0 Å². The molecule has 2 aromatic rings. The van der Waals surface area contributed by atoms with Gasteiger partial charge in [0.05, 0.1) is 5.54 Å². The first-order valence-corrected chi connectivity index (χ1v) is 8.83. The molecule has 2 unspecified atom stereocenters. The van der Waals surface area contributed by atoms with Gasteiger partial charge in [0.2, 0.25) is 0 Å². The lowest BCUT2D eigenvalue weighted by atomic mass is 9.69. The van der Waals surface area contributed by atoms with Crippen LogP contribution < -0.4 is 5.32 Å². The lowest BCUT2D eigenvalue weighted by Gasteiger charge is -2.45. The fourth-order valence-corrected chi connectivity index (χ4v) is 4.64. The number of aromatic nitrogens is 1. The maximum atomic E-state index is 4.70. The highest BCUT2D eigenvalue weighted by molar-refractivity contribution is 7.09. The fraction of sp³-hybridized carbons (Fsp3) is 0.500. The van der Waals surface area contributed by atoms with E-state index in [9.17, 15) is 0 Å². The van der Waals surface area contributed by atoms with Crippen LogP contribution in [0.3, 0.4) is 0 Å². The van der Waals surface area contributed by atoms with Gasteiger partial charge < -0.3 is 5.32 Å². The molecule has 21 heavy (non-hydrogen) atoms. The average Bonchev–Trinajstić information content (AvgIpc) is 3.03. The molecule has 0 bridgehead atoms. The second-order valence-corrected chi connectivity index (χ2v) is 7.21. The van der Waals surface area contributed by atoms with Crippen molar-refractivity contribution in [2.24, 2.45) is 0 Å². The van der Waals surface area contributed by atoms with E-state index >= 15 is 0 Å². The van der Waals surface area contributed by atoms with E-state index < -0.39 is 0 Å². The second kappa shape index (κ2) is 6.29. The third-order valence-corrected chi connectivity index (χ3v) is 5.42. The summed E-state index contributed by atoms with van der Waals surface area (Å²) in [5, 5.41) is 7.26. The summed E-state index contributed by atoms with van der Waals surface area (Å²) in [6, 6.07) is 11.4. The Balaban J connectivity index is 2.06. The van der Waals surface area contributed by atoms with E-state index in [2.05, 4.69) is 54.9 Å². The largest absolute Gasteiger partial charge is 0.303 e. The van der Waals surface area contributed by atoms with Crippen LogP contribution >= 0.6 is 11.3 Å². The topological polar surface area (TPSA) is 24.9 Å². The molecule has 0 radical (unpaired) electrons. The van der Waals surface area contributed by atoms with Gasteiger partial charge >= 0.3 is 0 Å². The number of rotatable bonds is 4. The zero-order valence-electron chi connectivity index (χ0n) is 12.9. The maximum Gasteiger partial charge on any atom is 0.113 e. The van der Waals surface area contributed by atoms with Gasteiger partial charge in [-0.1, -0.05) is 43.2 Å². The minimum atomic E-state index is 0.00192. The predicted molar refractivity (Wildman–Crippen MR) is 89.7 cm³/mol. The van der Waals surface area contributed by atoms with Gasteiger partial charge in [0.15, 0.2) is 0 Å². The summed E-state index contributed by atoms with van der Waals surface area (Å²) in [7, 11) is 0. The highest BCUT2D eigenvalue weighted by Gasteiger charge is 2.44. The lowest BCUT2D eigenvalue weighted by molar-refractivity contribution is 0.180. The van der Waals surface area contributed by atoms with Crippen LogP contribution in [0.2, 0.25) is 0 Å². The molecule has 3 heteroatoms. The summed E-state index contributed by atoms with van der Waals surface area (Å²) in [5.74, 6) is 0.515. The summed E-state index contributed by atoms with van der Waals surface area (Å²) in [6.45, 7) is 4.48. The second-order valence-electron chi connectivity index (χ2n) is 6.32.